The zero-order chi connectivity index (χ0) is 13.8. The van der Waals surface area contributed by atoms with E-state index in [0.717, 1.165) is 0 Å². The van der Waals surface area contributed by atoms with Crippen LogP contribution in [0.4, 0.5) is 0 Å². The lowest BCUT2D eigenvalue weighted by Crippen LogP contribution is -2.34. The van der Waals surface area contributed by atoms with Gasteiger partial charge in [-0.2, -0.15) is 0 Å². The molecule has 0 radical (unpaired) electrons. The Bertz CT molecular complexity index is 362. The molecule has 1 aliphatic rings. The topological polar surface area (TPSA) is 12.0 Å². The monoisotopic (exact) mass is 247 g/mol. The molecular weight excluding hydrogens is 218 g/mol. The molecule has 1 aromatic rings. The molecule has 0 unspecified atom stereocenters. The molecule has 0 bridgehead atoms. The van der Waals surface area contributed by atoms with Gasteiger partial charge in [0.2, 0.25) is 0 Å². The Morgan fingerprint density at radius 1 is 1.06 bits per heavy atom. The Hall–Kier alpha value is -0.820. The van der Waals surface area contributed by atoms with Gasteiger partial charge in [0.1, 0.15) is 0 Å². The van der Waals surface area contributed by atoms with E-state index < -0.39 is 0 Å². The summed E-state index contributed by atoms with van der Waals surface area (Å²) < 4.78 is 0. The summed E-state index contributed by atoms with van der Waals surface area (Å²) >= 11 is 0. The second-order valence-corrected chi connectivity index (χ2v) is 5.66. The number of nitrogens with one attached hydrogen (secondary N) is 1. The lowest BCUT2D eigenvalue weighted by Gasteiger charge is -2.22. The highest BCUT2D eigenvalue weighted by molar-refractivity contribution is 5.35. The van der Waals surface area contributed by atoms with Crippen molar-refractivity contribution in [3.8, 4) is 0 Å². The predicted molar refractivity (Wildman–Crippen MR) is 81.1 cm³/mol. The summed E-state index contributed by atoms with van der Waals surface area (Å²) in [6.45, 7) is 13.0. The first kappa shape index (κ1) is 15.2. The van der Waals surface area contributed by atoms with Crippen molar-refractivity contribution in [2.24, 2.45) is 0 Å². The highest BCUT2D eigenvalue weighted by atomic mass is 15.0. The van der Waals surface area contributed by atoms with E-state index in [1.54, 1.807) is 0 Å². The van der Waals surface area contributed by atoms with Crippen LogP contribution in [0.2, 0.25) is 0 Å². The molecule has 2 rings (SSSR count). The van der Waals surface area contributed by atoms with Crippen LogP contribution in [0.3, 0.4) is 0 Å². The van der Waals surface area contributed by atoms with E-state index >= 15 is 0 Å². The van der Waals surface area contributed by atoms with E-state index in [2.05, 4.69) is 57.3 Å². The average molecular weight is 247 g/mol. The largest absolute Gasteiger partial charge is 0.305 e. The van der Waals surface area contributed by atoms with Crippen molar-refractivity contribution in [3.05, 3.63) is 35.4 Å². The van der Waals surface area contributed by atoms with Crippen LogP contribution in [0.5, 0.6) is 0 Å². The van der Waals surface area contributed by atoms with Crippen LogP contribution >= 0.6 is 0 Å². The fraction of sp³-hybridized carbons (Fsp3) is 0.647. The van der Waals surface area contributed by atoms with Crippen LogP contribution in [0, 0.1) is 0 Å². The molecule has 1 fully saturated rings. The van der Waals surface area contributed by atoms with Crippen LogP contribution < -0.4 is 5.32 Å². The van der Waals surface area contributed by atoms with Gasteiger partial charge in [-0.25, -0.2) is 0 Å². The molecule has 1 saturated carbocycles. The zero-order valence-corrected chi connectivity index (χ0v) is 12.9. The molecule has 1 aliphatic carbocycles. The molecule has 18 heavy (non-hydrogen) atoms. The summed E-state index contributed by atoms with van der Waals surface area (Å²) in [5.41, 5.74) is 3.22. The predicted octanol–water partition coefficient (Wildman–Crippen LogP) is 4.82. The van der Waals surface area contributed by atoms with Crippen molar-refractivity contribution in [1.29, 1.82) is 0 Å². The van der Waals surface area contributed by atoms with Crippen LogP contribution in [-0.4, -0.2) is 6.04 Å². The van der Waals surface area contributed by atoms with Crippen molar-refractivity contribution in [3.63, 3.8) is 0 Å². The first-order chi connectivity index (χ1) is 8.53. The van der Waals surface area contributed by atoms with Gasteiger partial charge in [0.15, 0.2) is 0 Å². The van der Waals surface area contributed by atoms with E-state index in [1.807, 2.05) is 13.8 Å². The third kappa shape index (κ3) is 3.58. The lowest BCUT2D eigenvalue weighted by atomic mass is 9.96. The van der Waals surface area contributed by atoms with E-state index in [9.17, 15) is 0 Å². The SMILES string of the molecule is CC.CC(C)NC1(c2cccc(C(C)C)c2)CC1. The fourth-order valence-electron chi connectivity index (χ4n) is 2.39. The van der Waals surface area contributed by atoms with E-state index in [1.165, 1.54) is 24.0 Å². The normalized spacial score (nSPS) is 16.4. The van der Waals surface area contributed by atoms with Crippen molar-refractivity contribution >= 4 is 0 Å². The van der Waals surface area contributed by atoms with E-state index in [4.69, 9.17) is 0 Å². The van der Waals surface area contributed by atoms with Gasteiger partial charge < -0.3 is 5.32 Å². The van der Waals surface area contributed by atoms with Crippen LogP contribution in [-0.2, 0) is 5.54 Å². The first-order valence-corrected chi connectivity index (χ1v) is 7.42. The smallest absolute Gasteiger partial charge is 0.0438 e. The molecule has 0 atom stereocenters. The molecule has 0 aromatic heterocycles. The van der Waals surface area contributed by atoms with Crippen molar-refractivity contribution in [1.82, 2.24) is 5.32 Å². The zero-order valence-electron chi connectivity index (χ0n) is 12.9. The average Bonchev–Trinajstić information content (AvgIpc) is 3.12. The number of hydrogen-bond acceptors (Lipinski definition) is 1. The highest BCUT2D eigenvalue weighted by Gasteiger charge is 2.44. The molecule has 0 spiro atoms. The quantitative estimate of drug-likeness (QED) is 0.804. The lowest BCUT2D eigenvalue weighted by molar-refractivity contribution is 0.461. The molecule has 0 aliphatic heterocycles. The minimum atomic E-state index is 0.291. The van der Waals surface area contributed by atoms with Gasteiger partial charge in [-0.15, -0.1) is 0 Å². The molecule has 1 N–H and O–H groups in total. The minimum Gasteiger partial charge on any atom is -0.305 e. The third-order valence-corrected chi connectivity index (χ3v) is 3.42. The standard InChI is InChI=1S/C15H23N.C2H6/c1-11(2)13-6-5-7-14(10-13)15(8-9-15)16-12(3)4;1-2/h5-7,10-12,16H,8-9H2,1-4H3;1-2H3. The molecule has 1 aromatic carbocycles. The number of benzene rings is 1. The summed E-state index contributed by atoms with van der Waals surface area (Å²) in [6.07, 6.45) is 2.57. The summed E-state index contributed by atoms with van der Waals surface area (Å²) in [7, 11) is 0. The van der Waals surface area contributed by atoms with Crippen molar-refractivity contribution in [2.75, 3.05) is 0 Å². The first-order valence-electron chi connectivity index (χ1n) is 7.42. The fourth-order valence-corrected chi connectivity index (χ4v) is 2.39. The summed E-state index contributed by atoms with van der Waals surface area (Å²) in [5.74, 6) is 0.620. The van der Waals surface area contributed by atoms with Crippen molar-refractivity contribution in [2.45, 2.75) is 71.9 Å². The second kappa shape index (κ2) is 6.38. The van der Waals surface area contributed by atoms with Crippen LogP contribution in [0.25, 0.3) is 0 Å². The maximum atomic E-state index is 3.71. The molecule has 0 heterocycles. The highest BCUT2D eigenvalue weighted by Crippen LogP contribution is 2.46. The number of hydrogen-bond donors (Lipinski definition) is 1. The van der Waals surface area contributed by atoms with Gasteiger partial charge in [0, 0.05) is 11.6 Å². The Labute approximate surface area is 113 Å². The van der Waals surface area contributed by atoms with Crippen LogP contribution in [0.15, 0.2) is 24.3 Å². The van der Waals surface area contributed by atoms with Gasteiger partial charge in [-0.1, -0.05) is 65.8 Å². The summed E-state index contributed by atoms with van der Waals surface area (Å²) in [6, 6.07) is 9.65. The Morgan fingerprint density at radius 3 is 2.11 bits per heavy atom. The van der Waals surface area contributed by atoms with E-state index in [-0.39, 0.29) is 0 Å². The second-order valence-electron chi connectivity index (χ2n) is 5.66. The van der Waals surface area contributed by atoms with Gasteiger partial charge in [0.05, 0.1) is 0 Å². The molecule has 0 saturated heterocycles. The Morgan fingerprint density at radius 2 is 1.67 bits per heavy atom. The Balaban J connectivity index is 0.000000771. The molecular formula is C17H29N. The summed E-state index contributed by atoms with van der Waals surface area (Å²) in [5, 5.41) is 3.71. The minimum absolute atomic E-state index is 0.291. The molecule has 102 valence electrons. The maximum Gasteiger partial charge on any atom is 0.0438 e. The summed E-state index contributed by atoms with van der Waals surface area (Å²) in [4.78, 5) is 0. The molecule has 0 amide bonds. The van der Waals surface area contributed by atoms with Crippen molar-refractivity contribution < 1.29 is 0 Å². The molecule has 1 heteroatoms. The van der Waals surface area contributed by atoms with Gasteiger partial charge in [-0.05, 0) is 29.9 Å². The molecule has 1 nitrogen and oxygen atoms in total. The van der Waals surface area contributed by atoms with Gasteiger partial charge in [0.25, 0.3) is 0 Å². The number of rotatable bonds is 4. The van der Waals surface area contributed by atoms with Gasteiger partial charge >= 0.3 is 0 Å². The van der Waals surface area contributed by atoms with E-state index in [0.29, 0.717) is 17.5 Å². The van der Waals surface area contributed by atoms with Crippen LogP contribution in [0.1, 0.15) is 71.4 Å². The Kier molecular flexibility index (Phi) is 5.40. The van der Waals surface area contributed by atoms with Gasteiger partial charge in [-0.3, -0.25) is 0 Å². The third-order valence-electron chi connectivity index (χ3n) is 3.42. The maximum absolute atomic E-state index is 3.71.